The van der Waals surface area contributed by atoms with Crippen LogP contribution in [0.15, 0.2) is 18.2 Å². The normalized spacial score (nSPS) is 13.4. The molecule has 1 N–H and O–H groups in total. The van der Waals surface area contributed by atoms with Gasteiger partial charge in [0.1, 0.15) is 17.1 Å². The highest BCUT2D eigenvalue weighted by atomic mass is 35.5. The zero-order valence-corrected chi connectivity index (χ0v) is 12.3. The van der Waals surface area contributed by atoms with Crippen molar-refractivity contribution in [3.8, 4) is 11.8 Å². The molecule has 0 aliphatic heterocycles. The number of halogens is 2. The zero-order valence-electron chi connectivity index (χ0n) is 11.5. The third-order valence-electron chi connectivity index (χ3n) is 3.05. The van der Waals surface area contributed by atoms with Crippen molar-refractivity contribution in [2.45, 2.75) is 26.3 Å². The van der Waals surface area contributed by atoms with E-state index in [2.05, 4.69) is 11.4 Å². The molecule has 0 heterocycles. The molecule has 0 aliphatic carbocycles. The molecule has 0 saturated heterocycles. The lowest BCUT2D eigenvalue weighted by Crippen LogP contribution is -2.50. The van der Waals surface area contributed by atoms with E-state index in [1.54, 1.807) is 6.92 Å². The number of hydrogen-bond donors (Lipinski definition) is 1. The van der Waals surface area contributed by atoms with Gasteiger partial charge in [-0.1, -0.05) is 25.4 Å². The first-order chi connectivity index (χ1) is 9.28. The van der Waals surface area contributed by atoms with Gasteiger partial charge in [0.2, 0.25) is 0 Å². The second-order valence-corrected chi connectivity index (χ2v) is 5.29. The van der Waals surface area contributed by atoms with Crippen LogP contribution >= 0.6 is 11.6 Å². The number of carbonyl (C=O) groups is 1. The molecule has 20 heavy (non-hydrogen) atoms. The Hall–Kier alpha value is -1.80. The van der Waals surface area contributed by atoms with Gasteiger partial charge >= 0.3 is 0 Å². The van der Waals surface area contributed by atoms with Gasteiger partial charge in [-0.25, -0.2) is 4.39 Å². The van der Waals surface area contributed by atoms with Gasteiger partial charge in [0.15, 0.2) is 6.61 Å². The number of amides is 1. The molecule has 1 atom stereocenters. The minimum Gasteiger partial charge on any atom is -0.484 e. The van der Waals surface area contributed by atoms with E-state index >= 15 is 0 Å². The van der Waals surface area contributed by atoms with Gasteiger partial charge in [0, 0.05) is 6.07 Å². The van der Waals surface area contributed by atoms with Gasteiger partial charge < -0.3 is 10.1 Å². The third kappa shape index (κ3) is 4.10. The van der Waals surface area contributed by atoms with Crippen LogP contribution in [0.4, 0.5) is 4.39 Å². The summed E-state index contributed by atoms with van der Waals surface area (Å²) in [5.41, 5.74) is -0.957. The topological polar surface area (TPSA) is 62.1 Å². The fraction of sp³-hybridized carbons (Fsp3) is 0.429. The predicted octanol–water partition coefficient (Wildman–Crippen LogP) is 2.91. The maximum atomic E-state index is 13.0. The summed E-state index contributed by atoms with van der Waals surface area (Å²) < 4.78 is 18.2. The maximum absolute atomic E-state index is 13.0. The van der Waals surface area contributed by atoms with Crippen molar-refractivity contribution in [2.24, 2.45) is 5.92 Å². The monoisotopic (exact) mass is 298 g/mol. The van der Waals surface area contributed by atoms with Gasteiger partial charge in [0.25, 0.3) is 5.91 Å². The van der Waals surface area contributed by atoms with E-state index in [-0.39, 0.29) is 23.3 Å². The summed E-state index contributed by atoms with van der Waals surface area (Å²) in [5.74, 6) is -0.741. The van der Waals surface area contributed by atoms with Crippen LogP contribution in [0.1, 0.15) is 20.8 Å². The summed E-state index contributed by atoms with van der Waals surface area (Å²) in [5, 5.41) is 11.6. The first-order valence-electron chi connectivity index (χ1n) is 6.08. The highest BCUT2D eigenvalue weighted by Crippen LogP contribution is 2.21. The fourth-order valence-electron chi connectivity index (χ4n) is 1.34. The number of nitriles is 1. The number of nitrogens with zero attached hydrogens (tertiary/aromatic N) is 1. The van der Waals surface area contributed by atoms with E-state index < -0.39 is 17.3 Å². The Bertz CT molecular complexity index is 542. The van der Waals surface area contributed by atoms with E-state index in [1.807, 2.05) is 13.8 Å². The average Bonchev–Trinajstić information content (AvgIpc) is 2.39. The van der Waals surface area contributed by atoms with Gasteiger partial charge in [-0.15, -0.1) is 0 Å². The van der Waals surface area contributed by atoms with E-state index in [4.69, 9.17) is 21.6 Å². The summed E-state index contributed by atoms with van der Waals surface area (Å²) in [4.78, 5) is 11.8. The number of carbonyl (C=O) groups excluding carboxylic acids is 1. The van der Waals surface area contributed by atoms with Crippen molar-refractivity contribution in [3.05, 3.63) is 29.0 Å². The van der Waals surface area contributed by atoms with Gasteiger partial charge in [-0.2, -0.15) is 5.26 Å². The Morgan fingerprint density at radius 2 is 2.25 bits per heavy atom. The lowest BCUT2D eigenvalue weighted by atomic mass is 9.90. The van der Waals surface area contributed by atoms with Crippen LogP contribution in [0.5, 0.6) is 5.75 Å². The molecule has 4 nitrogen and oxygen atoms in total. The summed E-state index contributed by atoms with van der Waals surface area (Å²) in [6.45, 7) is 5.05. The highest BCUT2D eigenvalue weighted by Gasteiger charge is 2.29. The summed E-state index contributed by atoms with van der Waals surface area (Å²) in [6.07, 6.45) is 0. The summed E-state index contributed by atoms with van der Waals surface area (Å²) in [6, 6.07) is 5.88. The summed E-state index contributed by atoms with van der Waals surface area (Å²) >= 11 is 5.60. The minimum atomic E-state index is -0.957. The Labute approximate surface area is 122 Å². The Balaban J connectivity index is 2.60. The minimum absolute atomic E-state index is 0.0447. The molecule has 1 amide bonds. The van der Waals surface area contributed by atoms with Crippen LogP contribution in [0.3, 0.4) is 0 Å². The lowest BCUT2D eigenvalue weighted by molar-refractivity contribution is -0.124. The van der Waals surface area contributed by atoms with Crippen LogP contribution in [-0.4, -0.2) is 18.1 Å². The van der Waals surface area contributed by atoms with Gasteiger partial charge in [0.05, 0.1) is 11.1 Å². The number of hydrogen-bond acceptors (Lipinski definition) is 3. The molecule has 0 bridgehead atoms. The Morgan fingerprint density at radius 1 is 1.60 bits per heavy atom. The molecule has 0 unspecified atom stereocenters. The fourth-order valence-corrected chi connectivity index (χ4v) is 1.51. The van der Waals surface area contributed by atoms with Crippen molar-refractivity contribution in [1.29, 1.82) is 5.26 Å². The molecule has 0 aliphatic rings. The standard InChI is InChI=1S/C14H16ClFN2O2/c1-9(2)14(3,8-17)18-13(19)7-20-10-4-5-12(16)11(15)6-10/h4-6,9H,7H2,1-3H3,(H,18,19)/t14-/m1/s1. The van der Waals surface area contributed by atoms with E-state index in [0.29, 0.717) is 0 Å². The first-order valence-corrected chi connectivity index (χ1v) is 6.46. The van der Waals surface area contributed by atoms with Crippen LogP contribution in [0.25, 0.3) is 0 Å². The molecule has 0 aromatic heterocycles. The SMILES string of the molecule is CC(C)[C@@](C)(C#N)NC(=O)COc1ccc(F)c(Cl)c1. The molecule has 6 heteroatoms. The number of ether oxygens (including phenoxy) is 1. The van der Waals surface area contributed by atoms with Gasteiger partial charge in [-0.05, 0) is 25.0 Å². The molecule has 1 rings (SSSR count). The molecule has 108 valence electrons. The van der Waals surface area contributed by atoms with Crippen molar-refractivity contribution in [2.75, 3.05) is 6.61 Å². The second kappa shape index (κ2) is 6.58. The Kier molecular flexibility index (Phi) is 5.34. The quantitative estimate of drug-likeness (QED) is 0.909. The predicted molar refractivity (Wildman–Crippen MR) is 73.9 cm³/mol. The second-order valence-electron chi connectivity index (χ2n) is 4.88. The van der Waals surface area contributed by atoms with Crippen LogP contribution in [-0.2, 0) is 4.79 Å². The Morgan fingerprint density at radius 3 is 2.75 bits per heavy atom. The van der Waals surface area contributed by atoms with Crippen molar-refractivity contribution >= 4 is 17.5 Å². The zero-order chi connectivity index (χ0) is 15.3. The van der Waals surface area contributed by atoms with E-state index in [1.165, 1.54) is 12.1 Å². The summed E-state index contributed by atoms with van der Waals surface area (Å²) in [7, 11) is 0. The molecule has 1 aromatic rings. The lowest BCUT2D eigenvalue weighted by Gasteiger charge is -2.27. The number of benzene rings is 1. The molecule has 0 saturated carbocycles. The smallest absolute Gasteiger partial charge is 0.259 e. The van der Waals surface area contributed by atoms with E-state index in [9.17, 15) is 9.18 Å². The maximum Gasteiger partial charge on any atom is 0.259 e. The highest BCUT2D eigenvalue weighted by molar-refractivity contribution is 6.30. The largest absolute Gasteiger partial charge is 0.484 e. The number of rotatable bonds is 5. The third-order valence-corrected chi connectivity index (χ3v) is 3.34. The van der Waals surface area contributed by atoms with Crippen molar-refractivity contribution < 1.29 is 13.9 Å². The van der Waals surface area contributed by atoms with Crippen LogP contribution in [0.2, 0.25) is 5.02 Å². The van der Waals surface area contributed by atoms with Crippen molar-refractivity contribution in [1.82, 2.24) is 5.32 Å². The molecule has 0 radical (unpaired) electrons. The molecule has 1 aromatic carbocycles. The van der Waals surface area contributed by atoms with E-state index in [0.717, 1.165) is 6.07 Å². The number of nitrogens with one attached hydrogen (secondary N) is 1. The first kappa shape index (κ1) is 16.3. The van der Waals surface area contributed by atoms with Crippen LogP contribution in [0, 0.1) is 23.1 Å². The molecular weight excluding hydrogens is 283 g/mol. The molecule has 0 fully saturated rings. The van der Waals surface area contributed by atoms with Crippen LogP contribution < -0.4 is 10.1 Å². The van der Waals surface area contributed by atoms with Crippen molar-refractivity contribution in [3.63, 3.8) is 0 Å². The molecule has 0 spiro atoms. The molecular formula is C14H16ClFN2O2. The average molecular weight is 299 g/mol. The van der Waals surface area contributed by atoms with Gasteiger partial charge in [-0.3, -0.25) is 4.79 Å².